The zero-order valence-electron chi connectivity index (χ0n) is 13.6. The van der Waals surface area contributed by atoms with Gasteiger partial charge in [0.2, 0.25) is 11.8 Å². The van der Waals surface area contributed by atoms with Crippen molar-refractivity contribution in [1.82, 2.24) is 9.97 Å². The third kappa shape index (κ3) is 4.90. The second-order valence-electron chi connectivity index (χ2n) is 5.46. The van der Waals surface area contributed by atoms with Gasteiger partial charge in [-0.15, -0.1) is 11.3 Å². The van der Waals surface area contributed by atoms with Crippen molar-refractivity contribution < 1.29 is 14.0 Å². The topological polar surface area (TPSA) is 111 Å². The number of oxazole rings is 1. The van der Waals surface area contributed by atoms with Crippen molar-refractivity contribution in [1.29, 1.82) is 0 Å². The van der Waals surface area contributed by atoms with Crippen LogP contribution in [0.25, 0.3) is 11.3 Å². The number of primary amides is 1. The second kappa shape index (κ2) is 8.11. The molecule has 26 heavy (non-hydrogen) atoms. The predicted octanol–water partition coefficient (Wildman–Crippen LogP) is 3.05. The van der Waals surface area contributed by atoms with Gasteiger partial charge >= 0.3 is 0 Å². The molecule has 0 bridgehead atoms. The van der Waals surface area contributed by atoms with Crippen LogP contribution >= 0.6 is 22.9 Å². The van der Waals surface area contributed by atoms with Gasteiger partial charge < -0.3 is 15.5 Å². The van der Waals surface area contributed by atoms with E-state index in [1.807, 2.05) is 12.1 Å². The van der Waals surface area contributed by atoms with Crippen molar-refractivity contribution >= 4 is 39.9 Å². The number of nitrogens with one attached hydrogen (secondary N) is 1. The Bertz CT molecular complexity index is 920. The van der Waals surface area contributed by atoms with Gasteiger partial charge in [0.15, 0.2) is 16.8 Å². The van der Waals surface area contributed by atoms with Crippen molar-refractivity contribution in [3.63, 3.8) is 0 Å². The molecule has 3 aromatic rings. The molecule has 7 nitrogen and oxygen atoms in total. The Balaban J connectivity index is 1.52. The number of thiazole rings is 1. The van der Waals surface area contributed by atoms with Crippen LogP contribution in [0.1, 0.15) is 18.0 Å². The summed E-state index contributed by atoms with van der Waals surface area (Å²) in [5.41, 5.74) is 6.52. The summed E-state index contributed by atoms with van der Waals surface area (Å²) in [6.45, 7) is 0. The number of anilines is 1. The average molecular weight is 391 g/mol. The van der Waals surface area contributed by atoms with Crippen LogP contribution in [0.3, 0.4) is 0 Å². The summed E-state index contributed by atoms with van der Waals surface area (Å²) in [7, 11) is 0. The summed E-state index contributed by atoms with van der Waals surface area (Å²) < 4.78 is 5.66. The number of halogens is 1. The van der Waals surface area contributed by atoms with Crippen molar-refractivity contribution in [2.24, 2.45) is 5.73 Å². The van der Waals surface area contributed by atoms with Crippen LogP contribution in [-0.4, -0.2) is 21.8 Å². The van der Waals surface area contributed by atoms with Crippen LogP contribution in [0.4, 0.5) is 5.13 Å². The lowest BCUT2D eigenvalue weighted by Gasteiger charge is -2.00. The summed E-state index contributed by atoms with van der Waals surface area (Å²) in [6, 6.07) is 7.22. The van der Waals surface area contributed by atoms with E-state index in [2.05, 4.69) is 15.3 Å². The van der Waals surface area contributed by atoms with E-state index in [1.165, 1.54) is 11.3 Å². The molecule has 3 N–H and O–H groups in total. The molecule has 9 heteroatoms. The molecule has 0 aliphatic carbocycles. The standard InChI is InChI=1S/C17H15ClN4O3S/c18-11-3-1-10(2-4-11)13-8-20-16(25-13)6-5-15(24)22-17-21-12(9-26-17)7-14(19)23/h1-4,8-9H,5-7H2,(H2,19,23)(H,21,22,24). The summed E-state index contributed by atoms with van der Waals surface area (Å²) in [6.07, 6.45) is 2.23. The minimum absolute atomic E-state index is 0.0517. The van der Waals surface area contributed by atoms with Crippen molar-refractivity contribution in [3.05, 3.63) is 52.4 Å². The van der Waals surface area contributed by atoms with E-state index in [-0.39, 0.29) is 18.7 Å². The first-order valence-electron chi connectivity index (χ1n) is 7.73. The number of hydrogen-bond acceptors (Lipinski definition) is 6. The molecule has 2 heterocycles. The van der Waals surface area contributed by atoms with Crippen molar-refractivity contribution in [3.8, 4) is 11.3 Å². The highest BCUT2D eigenvalue weighted by Gasteiger charge is 2.11. The third-order valence-electron chi connectivity index (χ3n) is 3.40. The first-order chi connectivity index (χ1) is 12.5. The number of nitrogens with zero attached hydrogens (tertiary/aromatic N) is 2. The lowest BCUT2D eigenvalue weighted by Crippen LogP contribution is -2.14. The fourth-order valence-electron chi connectivity index (χ4n) is 2.20. The van der Waals surface area contributed by atoms with E-state index in [9.17, 15) is 9.59 Å². The number of nitrogens with two attached hydrogens (primary N) is 1. The van der Waals surface area contributed by atoms with Crippen LogP contribution < -0.4 is 11.1 Å². The molecule has 0 aliphatic rings. The summed E-state index contributed by atoms with van der Waals surface area (Å²) >= 11 is 7.11. The fraction of sp³-hybridized carbons (Fsp3) is 0.176. The summed E-state index contributed by atoms with van der Waals surface area (Å²) in [4.78, 5) is 31.2. The molecule has 0 fully saturated rings. The minimum Gasteiger partial charge on any atom is -0.441 e. The van der Waals surface area contributed by atoms with E-state index in [0.29, 0.717) is 33.9 Å². The number of benzene rings is 1. The van der Waals surface area contributed by atoms with Crippen LogP contribution in [0.5, 0.6) is 0 Å². The van der Waals surface area contributed by atoms with E-state index >= 15 is 0 Å². The molecule has 0 unspecified atom stereocenters. The van der Waals surface area contributed by atoms with Gasteiger partial charge in [-0.05, 0) is 24.3 Å². The van der Waals surface area contributed by atoms with Crippen molar-refractivity contribution in [2.75, 3.05) is 5.32 Å². The minimum atomic E-state index is -0.464. The maximum atomic E-state index is 12.0. The van der Waals surface area contributed by atoms with Crippen LogP contribution in [0.2, 0.25) is 5.02 Å². The SMILES string of the molecule is NC(=O)Cc1csc(NC(=O)CCc2ncc(-c3ccc(Cl)cc3)o2)n1. The molecule has 0 spiro atoms. The average Bonchev–Trinajstić information content (AvgIpc) is 3.23. The number of rotatable bonds is 7. The molecule has 2 aromatic heterocycles. The van der Waals surface area contributed by atoms with Crippen molar-refractivity contribution in [2.45, 2.75) is 19.3 Å². The molecular formula is C17H15ClN4O3S. The predicted molar refractivity (Wildman–Crippen MR) is 98.9 cm³/mol. The van der Waals surface area contributed by atoms with Gasteiger partial charge in [0.05, 0.1) is 18.3 Å². The molecular weight excluding hydrogens is 376 g/mol. The lowest BCUT2D eigenvalue weighted by molar-refractivity contribution is -0.117. The Kier molecular flexibility index (Phi) is 5.65. The monoisotopic (exact) mass is 390 g/mol. The molecule has 1 aromatic carbocycles. The Labute approximate surface area is 158 Å². The third-order valence-corrected chi connectivity index (χ3v) is 4.46. The zero-order chi connectivity index (χ0) is 18.5. The number of carbonyl (C=O) groups is 2. The normalized spacial score (nSPS) is 10.7. The second-order valence-corrected chi connectivity index (χ2v) is 6.75. The molecule has 0 saturated carbocycles. The molecule has 3 rings (SSSR count). The van der Waals surface area contributed by atoms with Crippen LogP contribution in [-0.2, 0) is 22.4 Å². The lowest BCUT2D eigenvalue weighted by atomic mass is 10.2. The van der Waals surface area contributed by atoms with E-state index in [1.54, 1.807) is 23.7 Å². The van der Waals surface area contributed by atoms with Gasteiger partial charge in [-0.3, -0.25) is 9.59 Å². The quantitative estimate of drug-likeness (QED) is 0.644. The van der Waals surface area contributed by atoms with Gasteiger partial charge in [0.1, 0.15) is 0 Å². The number of aromatic nitrogens is 2. The van der Waals surface area contributed by atoms with Gasteiger partial charge in [0, 0.05) is 28.8 Å². The number of amides is 2. The fourth-order valence-corrected chi connectivity index (χ4v) is 3.05. The van der Waals surface area contributed by atoms with E-state index in [0.717, 1.165) is 5.56 Å². The molecule has 2 amide bonds. The maximum absolute atomic E-state index is 12.0. The smallest absolute Gasteiger partial charge is 0.226 e. The summed E-state index contributed by atoms with van der Waals surface area (Å²) in [5.74, 6) is 0.413. The molecule has 0 radical (unpaired) electrons. The van der Waals surface area contributed by atoms with Gasteiger partial charge in [0.25, 0.3) is 0 Å². The van der Waals surface area contributed by atoms with Crippen LogP contribution in [0, 0.1) is 0 Å². The van der Waals surface area contributed by atoms with E-state index < -0.39 is 5.91 Å². The first-order valence-corrected chi connectivity index (χ1v) is 8.98. The molecule has 0 aliphatic heterocycles. The number of hydrogen-bond donors (Lipinski definition) is 2. The summed E-state index contributed by atoms with van der Waals surface area (Å²) in [5, 5.41) is 5.45. The highest BCUT2D eigenvalue weighted by Crippen LogP contribution is 2.23. The Morgan fingerprint density at radius 1 is 1.27 bits per heavy atom. The Hall–Kier alpha value is -2.71. The van der Waals surface area contributed by atoms with Crippen LogP contribution in [0.15, 0.2) is 40.3 Å². The highest BCUT2D eigenvalue weighted by atomic mass is 35.5. The maximum Gasteiger partial charge on any atom is 0.226 e. The van der Waals surface area contributed by atoms with E-state index in [4.69, 9.17) is 21.8 Å². The van der Waals surface area contributed by atoms with Gasteiger partial charge in [-0.1, -0.05) is 11.6 Å². The molecule has 134 valence electrons. The molecule has 0 atom stereocenters. The largest absolute Gasteiger partial charge is 0.441 e. The van der Waals surface area contributed by atoms with Gasteiger partial charge in [-0.2, -0.15) is 0 Å². The number of carbonyl (C=O) groups excluding carboxylic acids is 2. The zero-order valence-corrected chi connectivity index (χ0v) is 15.1. The highest BCUT2D eigenvalue weighted by molar-refractivity contribution is 7.13. The Morgan fingerprint density at radius 3 is 2.77 bits per heavy atom. The molecule has 0 saturated heterocycles. The first kappa shape index (κ1) is 18.1. The Morgan fingerprint density at radius 2 is 2.04 bits per heavy atom. The number of aryl methyl sites for hydroxylation is 1. The van der Waals surface area contributed by atoms with Gasteiger partial charge in [-0.25, -0.2) is 9.97 Å².